The van der Waals surface area contributed by atoms with Crippen molar-refractivity contribution < 1.29 is 19.5 Å². The molecule has 1 saturated heterocycles. The summed E-state index contributed by atoms with van der Waals surface area (Å²) in [5, 5.41) is 12.4. The molecule has 1 fully saturated rings. The first-order valence-electron chi connectivity index (χ1n) is 10.1. The number of para-hydroxylation sites is 1. The van der Waals surface area contributed by atoms with Gasteiger partial charge < -0.3 is 15.0 Å². The molecule has 0 aromatic heterocycles. The normalized spacial score (nSPS) is 23.6. The van der Waals surface area contributed by atoms with Crippen LogP contribution in [0.2, 0.25) is 0 Å². The number of amides is 2. The van der Waals surface area contributed by atoms with E-state index in [9.17, 15) is 14.8 Å². The van der Waals surface area contributed by atoms with Gasteiger partial charge in [-0.2, -0.15) is 0 Å². The van der Waals surface area contributed by atoms with Gasteiger partial charge in [0, 0.05) is 19.6 Å². The van der Waals surface area contributed by atoms with E-state index >= 15 is 0 Å². The number of carbonyl (C=O) groups excluding carboxylic acids is 2. The van der Waals surface area contributed by atoms with Crippen LogP contribution >= 0.6 is 0 Å². The number of ether oxygens (including phenoxy) is 1. The van der Waals surface area contributed by atoms with E-state index in [0.29, 0.717) is 31.8 Å². The first-order valence-corrected chi connectivity index (χ1v) is 10.1. The van der Waals surface area contributed by atoms with E-state index in [1.165, 1.54) is 0 Å². The number of rotatable bonds is 5. The molecule has 2 aromatic carbocycles. The molecule has 2 heterocycles. The van der Waals surface area contributed by atoms with Crippen LogP contribution in [0.4, 0.5) is 0 Å². The minimum Gasteiger partial charge on any atom is -0.489 e. The zero-order valence-corrected chi connectivity index (χ0v) is 16.5. The molecule has 2 aromatic rings. The minimum atomic E-state index is -0.731. The molecule has 156 valence electrons. The van der Waals surface area contributed by atoms with Crippen molar-refractivity contribution >= 4 is 17.4 Å². The Bertz CT molecular complexity index is 917. The Morgan fingerprint density at radius 3 is 2.47 bits per heavy atom. The van der Waals surface area contributed by atoms with Gasteiger partial charge in [0.25, 0.3) is 0 Å². The van der Waals surface area contributed by atoms with Gasteiger partial charge >= 0.3 is 0 Å². The molecule has 0 saturated carbocycles. The molecular formula is C23H25N3O4. The molecule has 2 aliphatic heterocycles. The second-order valence-electron chi connectivity index (χ2n) is 7.57. The van der Waals surface area contributed by atoms with E-state index in [4.69, 9.17) is 4.74 Å². The Labute approximate surface area is 175 Å². The molecule has 4 rings (SSSR count). The molecule has 7 heteroatoms. The molecule has 30 heavy (non-hydrogen) atoms. The van der Waals surface area contributed by atoms with E-state index in [1.807, 2.05) is 66.7 Å². The third-order valence-electron chi connectivity index (χ3n) is 5.62. The molecule has 3 atom stereocenters. The lowest BCUT2D eigenvalue weighted by molar-refractivity contribution is -0.144. The number of nitrogens with one attached hydrogen (secondary N) is 2. The van der Waals surface area contributed by atoms with Crippen LogP contribution in [0.5, 0.6) is 5.75 Å². The van der Waals surface area contributed by atoms with Crippen LogP contribution in [0, 0.1) is 5.92 Å². The number of hydrogen-bond acceptors (Lipinski definition) is 5. The molecule has 0 bridgehead atoms. The summed E-state index contributed by atoms with van der Waals surface area (Å²) in [5.74, 6) is -0.763. The Balaban J connectivity index is 1.42. The Kier molecular flexibility index (Phi) is 6.11. The van der Waals surface area contributed by atoms with Crippen molar-refractivity contribution in [1.29, 1.82) is 0 Å². The maximum atomic E-state index is 13.2. The lowest BCUT2D eigenvalue weighted by atomic mass is 9.87. The molecule has 0 aliphatic carbocycles. The summed E-state index contributed by atoms with van der Waals surface area (Å²) in [6.07, 6.45) is 2.09. The number of hydrogen-bond donors (Lipinski definition) is 3. The zero-order valence-electron chi connectivity index (χ0n) is 16.5. The fourth-order valence-corrected chi connectivity index (χ4v) is 4.07. The second kappa shape index (κ2) is 9.11. The third-order valence-corrected chi connectivity index (χ3v) is 5.62. The van der Waals surface area contributed by atoms with E-state index in [1.54, 1.807) is 10.4 Å². The largest absolute Gasteiger partial charge is 0.489 e. The zero-order chi connectivity index (χ0) is 20.9. The standard InChI is InChI=1S/C23H25N3O4/c27-22(25-29)20-13-19(30-18-9-5-2-6-10-18)14-24-21(20)23(28)26-12-11-17(15-26)16-7-3-1-4-8-16/h1-11,19-21,24,29H,12-15H2,(H,25,27). The second-order valence-corrected chi connectivity index (χ2v) is 7.57. The summed E-state index contributed by atoms with van der Waals surface area (Å²) in [5.41, 5.74) is 3.89. The van der Waals surface area contributed by atoms with E-state index in [0.717, 1.165) is 11.1 Å². The van der Waals surface area contributed by atoms with Crippen molar-refractivity contribution in [3.05, 3.63) is 72.3 Å². The Hall–Kier alpha value is -3.16. The fraction of sp³-hybridized carbons (Fsp3) is 0.304. The molecule has 2 aliphatic rings. The van der Waals surface area contributed by atoms with E-state index in [-0.39, 0.29) is 12.0 Å². The molecule has 0 radical (unpaired) electrons. The first-order chi connectivity index (χ1) is 14.7. The van der Waals surface area contributed by atoms with E-state index in [2.05, 4.69) is 5.32 Å². The van der Waals surface area contributed by atoms with Crippen LogP contribution in [0.3, 0.4) is 0 Å². The summed E-state index contributed by atoms with van der Waals surface area (Å²) in [6, 6.07) is 18.6. The highest BCUT2D eigenvalue weighted by molar-refractivity contribution is 5.91. The van der Waals surface area contributed by atoms with Gasteiger partial charge in [0.1, 0.15) is 11.9 Å². The molecule has 2 amide bonds. The highest BCUT2D eigenvalue weighted by Crippen LogP contribution is 2.26. The molecule has 3 N–H and O–H groups in total. The summed E-state index contributed by atoms with van der Waals surface area (Å²) in [6.45, 7) is 1.43. The van der Waals surface area contributed by atoms with Crippen molar-refractivity contribution in [3.63, 3.8) is 0 Å². The van der Waals surface area contributed by atoms with Crippen molar-refractivity contribution in [2.24, 2.45) is 5.92 Å². The van der Waals surface area contributed by atoms with Gasteiger partial charge in [-0.15, -0.1) is 0 Å². The molecule has 0 spiro atoms. The summed E-state index contributed by atoms with van der Waals surface area (Å²) < 4.78 is 5.95. The van der Waals surface area contributed by atoms with Gasteiger partial charge in [-0.25, -0.2) is 5.48 Å². The summed E-state index contributed by atoms with van der Waals surface area (Å²) >= 11 is 0. The fourth-order valence-electron chi connectivity index (χ4n) is 4.07. The van der Waals surface area contributed by atoms with Gasteiger partial charge in [0.05, 0.1) is 12.0 Å². The lowest BCUT2D eigenvalue weighted by Gasteiger charge is -2.36. The van der Waals surface area contributed by atoms with Gasteiger partial charge in [0.2, 0.25) is 11.8 Å². The van der Waals surface area contributed by atoms with Crippen LogP contribution in [0.25, 0.3) is 5.57 Å². The van der Waals surface area contributed by atoms with Gasteiger partial charge in [0.15, 0.2) is 0 Å². The highest BCUT2D eigenvalue weighted by Gasteiger charge is 2.42. The van der Waals surface area contributed by atoms with Crippen molar-refractivity contribution in [2.75, 3.05) is 19.6 Å². The number of carbonyl (C=O) groups is 2. The maximum absolute atomic E-state index is 13.2. The van der Waals surface area contributed by atoms with Crippen LogP contribution in [-0.2, 0) is 9.59 Å². The van der Waals surface area contributed by atoms with Gasteiger partial charge in [-0.1, -0.05) is 54.6 Å². The van der Waals surface area contributed by atoms with E-state index < -0.39 is 17.9 Å². The average Bonchev–Trinajstić information content (AvgIpc) is 3.30. The van der Waals surface area contributed by atoms with Crippen molar-refractivity contribution in [1.82, 2.24) is 15.7 Å². The number of piperidine rings is 1. The maximum Gasteiger partial charge on any atom is 0.248 e. The van der Waals surface area contributed by atoms with Gasteiger partial charge in [-0.05, 0) is 29.7 Å². The number of nitrogens with zero attached hydrogens (tertiary/aromatic N) is 1. The van der Waals surface area contributed by atoms with Crippen LogP contribution in [0.1, 0.15) is 12.0 Å². The smallest absolute Gasteiger partial charge is 0.248 e. The molecule has 7 nitrogen and oxygen atoms in total. The Morgan fingerprint density at radius 1 is 1.07 bits per heavy atom. The number of hydroxylamine groups is 1. The highest BCUT2D eigenvalue weighted by atomic mass is 16.5. The predicted molar refractivity (Wildman–Crippen MR) is 112 cm³/mol. The third kappa shape index (κ3) is 4.37. The monoisotopic (exact) mass is 407 g/mol. The van der Waals surface area contributed by atoms with Crippen molar-refractivity contribution in [3.8, 4) is 5.75 Å². The van der Waals surface area contributed by atoms with Crippen LogP contribution in [-0.4, -0.2) is 53.7 Å². The quantitative estimate of drug-likeness (QED) is 0.520. The number of benzene rings is 2. The summed E-state index contributed by atoms with van der Waals surface area (Å²) in [4.78, 5) is 27.3. The summed E-state index contributed by atoms with van der Waals surface area (Å²) in [7, 11) is 0. The van der Waals surface area contributed by atoms with Gasteiger partial charge in [-0.3, -0.25) is 14.8 Å². The SMILES string of the molecule is O=C(NO)C1CC(Oc2ccccc2)CNC1C(=O)N1CC=C(c2ccccc2)C1. The van der Waals surface area contributed by atoms with Crippen LogP contribution in [0.15, 0.2) is 66.7 Å². The molecule has 3 unspecified atom stereocenters. The minimum absolute atomic E-state index is 0.149. The molecular weight excluding hydrogens is 382 g/mol. The average molecular weight is 407 g/mol. The first kappa shape index (κ1) is 20.1. The topological polar surface area (TPSA) is 90.9 Å². The van der Waals surface area contributed by atoms with Crippen molar-refractivity contribution in [2.45, 2.75) is 18.6 Å². The Morgan fingerprint density at radius 2 is 1.77 bits per heavy atom. The predicted octanol–water partition coefficient (Wildman–Crippen LogP) is 1.84. The van der Waals surface area contributed by atoms with Crippen LogP contribution < -0.4 is 15.5 Å². The lowest BCUT2D eigenvalue weighted by Crippen LogP contribution is -2.60.